The van der Waals surface area contributed by atoms with Gasteiger partial charge < -0.3 is 18.9 Å². The SMILES string of the molecule is CCCOc1ccc(/C=C/C(=O)Oc2ccccc2OCC)cc1OC. The molecule has 0 unspecified atom stereocenters. The minimum absolute atomic E-state index is 0.393. The second-order valence-electron chi connectivity index (χ2n) is 5.39. The van der Waals surface area contributed by atoms with E-state index in [-0.39, 0.29) is 0 Å². The molecule has 0 N–H and O–H groups in total. The van der Waals surface area contributed by atoms with Gasteiger partial charge in [0.15, 0.2) is 23.0 Å². The van der Waals surface area contributed by atoms with Crippen LogP contribution in [0.5, 0.6) is 23.0 Å². The van der Waals surface area contributed by atoms with Crippen LogP contribution in [-0.2, 0) is 4.79 Å². The van der Waals surface area contributed by atoms with Gasteiger partial charge in [-0.1, -0.05) is 25.1 Å². The lowest BCUT2D eigenvalue weighted by molar-refractivity contribution is -0.129. The van der Waals surface area contributed by atoms with Gasteiger partial charge in [0.2, 0.25) is 0 Å². The van der Waals surface area contributed by atoms with Crippen LogP contribution >= 0.6 is 0 Å². The molecule has 0 aliphatic rings. The number of esters is 1. The molecular weight excluding hydrogens is 332 g/mol. The Morgan fingerprint density at radius 1 is 0.962 bits per heavy atom. The molecule has 0 aromatic heterocycles. The molecule has 0 amide bonds. The second-order valence-corrected chi connectivity index (χ2v) is 5.39. The Morgan fingerprint density at radius 3 is 2.38 bits per heavy atom. The standard InChI is InChI=1S/C21H24O5/c1-4-14-25-18-12-10-16(15-20(18)23-3)11-13-21(22)26-19-9-7-6-8-17(19)24-5-2/h6-13,15H,4-5,14H2,1-3H3/b13-11+. The number of rotatable bonds is 9. The van der Waals surface area contributed by atoms with E-state index in [1.807, 2.05) is 38.1 Å². The van der Waals surface area contributed by atoms with Gasteiger partial charge in [0, 0.05) is 6.08 Å². The smallest absolute Gasteiger partial charge is 0.336 e. The van der Waals surface area contributed by atoms with Crippen molar-refractivity contribution in [3.8, 4) is 23.0 Å². The first kappa shape index (κ1) is 19.4. The summed E-state index contributed by atoms with van der Waals surface area (Å²) in [6, 6.07) is 12.6. The number of methoxy groups -OCH3 is 1. The van der Waals surface area contributed by atoms with E-state index in [0.29, 0.717) is 36.2 Å². The molecular formula is C21H24O5. The Balaban J connectivity index is 2.06. The van der Waals surface area contributed by atoms with Gasteiger partial charge in [0.05, 0.1) is 20.3 Å². The molecule has 0 spiro atoms. The summed E-state index contributed by atoms with van der Waals surface area (Å²) >= 11 is 0. The topological polar surface area (TPSA) is 54.0 Å². The summed E-state index contributed by atoms with van der Waals surface area (Å²) < 4.78 is 21.7. The van der Waals surface area contributed by atoms with Gasteiger partial charge in [-0.3, -0.25) is 0 Å². The highest BCUT2D eigenvalue weighted by Crippen LogP contribution is 2.29. The Morgan fingerprint density at radius 2 is 1.69 bits per heavy atom. The molecule has 138 valence electrons. The summed E-state index contributed by atoms with van der Waals surface area (Å²) in [7, 11) is 1.58. The summed E-state index contributed by atoms with van der Waals surface area (Å²) in [5, 5.41) is 0. The van der Waals surface area contributed by atoms with Gasteiger partial charge in [0.1, 0.15) is 0 Å². The molecule has 0 bridgehead atoms. The summed E-state index contributed by atoms with van der Waals surface area (Å²) in [6.45, 7) is 5.03. The van der Waals surface area contributed by atoms with E-state index < -0.39 is 5.97 Å². The van der Waals surface area contributed by atoms with E-state index in [2.05, 4.69) is 0 Å². The van der Waals surface area contributed by atoms with Crippen molar-refractivity contribution in [1.82, 2.24) is 0 Å². The predicted molar refractivity (Wildman–Crippen MR) is 101 cm³/mol. The van der Waals surface area contributed by atoms with Crippen molar-refractivity contribution in [2.75, 3.05) is 20.3 Å². The molecule has 2 rings (SSSR count). The van der Waals surface area contributed by atoms with Gasteiger partial charge in [-0.15, -0.1) is 0 Å². The molecule has 0 radical (unpaired) electrons. The Bertz CT molecular complexity index is 752. The van der Waals surface area contributed by atoms with Crippen LogP contribution in [0.25, 0.3) is 6.08 Å². The molecule has 0 fully saturated rings. The first-order chi connectivity index (χ1) is 12.7. The van der Waals surface area contributed by atoms with Gasteiger partial charge in [-0.05, 0) is 49.2 Å². The van der Waals surface area contributed by atoms with Gasteiger partial charge in [-0.2, -0.15) is 0 Å². The highest BCUT2D eigenvalue weighted by Gasteiger charge is 2.08. The second kappa shape index (κ2) is 10.1. The van der Waals surface area contributed by atoms with Crippen molar-refractivity contribution in [3.63, 3.8) is 0 Å². The van der Waals surface area contributed by atoms with Crippen LogP contribution in [0, 0.1) is 0 Å². The average molecular weight is 356 g/mol. The third-order valence-corrected chi connectivity index (χ3v) is 3.42. The largest absolute Gasteiger partial charge is 0.493 e. The van der Waals surface area contributed by atoms with Gasteiger partial charge in [0.25, 0.3) is 0 Å². The summed E-state index contributed by atoms with van der Waals surface area (Å²) in [4.78, 5) is 12.1. The van der Waals surface area contributed by atoms with E-state index in [0.717, 1.165) is 12.0 Å². The molecule has 0 aliphatic heterocycles. The third kappa shape index (κ3) is 5.55. The normalized spacial score (nSPS) is 10.6. The number of carbonyl (C=O) groups is 1. The zero-order valence-corrected chi connectivity index (χ0v) is 15.4. The van der Waals surface area contributed by atoms with Crippen LogP contribution in [0.4, 0.5) is 0 Å². The molecule has 0 atom stereocenters. The average Bonchev–Trinajstić information content (AvgIpc) is 2.66. The minimum Gasteiger partial charge on any atom is -0.493 e. The molecule has 5 nitrogen and oxygen atoms in total. The molecule has 2 aromatic rings. The Kier molecular flexibility index (Phi) is 7.55. The fourth-order valence-corrected chi connectivity index (χ4v) is 2.23. The molecule has 0 aliphatic carbocycles. The van der Waals surface area contributed by atoms with Crippen LogP contribution in [0.2, 0.25) is 0 Å². The molecule has 0 saturated carbocycles. The van der Waals surface area contributed by atoms with Crippen LogP contribution in [-0.4, -0.2) is 26.3 Å². The highest BCUT2D eigenvalue weighted by atomic mass is 16.6. The minimum atomic E-state index is -0.484. The first-order valence-electron chi connectivity index (χ1n) is 8.60. The summed E-state index contributed by atoms with van der Waals surface area (Å²) in [5.41, 5.74) is 0.806. The number of carbonyl (C=O) groups excluding carboxylic acids is 1. The maximum absolute atomic E-state index is 12.1. The van der Waals surface area contributed by atoms with Crippen LogP contribution in [0.3, 0.4) is 0 Å². The van der Waals surface area contributed by atoms with E-state index >= 15 is 0 Å². The molecule has 0 heterocycles. The van der Waals surface area contributed by atoms with E-state index in [1.165, 1.54) is 6.08 Å². The molecule has 0 saturated heterocycles. The van der Waals surface area contributed by atoms with Crippen molar-refractivity contribution in [2.24, 2.45) is 0 Å². The fourth-order valence-electron chi connectivity index (χ4n) is 2.23. The zero-order valence-electron chi connectivity index (χ0n) is 15.4. The first-order valence-corrected chi connectivity index (χ1v) is 8.60. The van der Waals surface area contributed by atoms with Crippen molar-refractivity contribution < 1.29 is 23.7 Å². The predicted octanol–water partition coefficient (Wildman–Crippen LogP) is 4.50. The van der Waals surface area contributed by atoms with E-state index in [1.54, 1.807) is 31.4 Å². The van der Waals surface area contributed by atoms with E-state index in [9.17, 15) is 4.79 Å². The quantitative estimate of drug-likeness (QED) is 0.376. The van der Waals surface area contributed by atoms with Gasteiger partial charge >= 0.3 is 5.97 Å². The van der Waals surface area contributed by atoms with Crippen molar-refractivity contribution in [1.29, 1.82) is 0 Å². The monoisotopic (exact) mass is 356 g/mol. The number of hydrogen-bond acceptors (Lipinski definition) is 5. The van der Waals surface area contributed by atoms with Gasteiger partial charge in [-0.25, -0.2) is 4.79 Å². The lowest BCUT2D eigenvalue weighted by Crippen LogP contribution is -2.05. The van der Waals surface area contributed by atoms with Crippen molar-refractivity contribution >= 4 is 12.0 Å². The molecule has 2 aromatic carbocycles. The Hall–Kier alpha value is -2.95. The molecule has 26 heavy (non-hydrogen) atoms. The fraction of sp³-hybridized carbons (Fsp3) is 0.286. The Labute approximate surface area is 154 Å². The maximum atomic E-state index is 12.1. The van der Waals surface area contributed by atoms with Crippen molar-refractivity contribution in [3.05, 3.63) is 54.1 Å². The lowest BCUT2D eigenvalue weighted by atomic mass is 10.2. The number of benzene rings is 2. The maximum Gasteiger partial charge on any atom is 0.336 e. The van der Waals surface area contributed by atoms with Crippen molar-refractivity contribution in [2.45, 2.75) is 20.3 Å². The number of ether oxygens (including phenoxy) is 4. The zero-order chi connectivity index (χ0) is 18.8. The highest BCUT2D eigenvalue weighted by molar-refractivity contribution is 5.89. The van der Waals surface area contributed by atoms with Crippen LogP contribution in [0.1, 0.15) is 25.8 Å². The summed E-state index contributed by atoms with van der Waals surface area (Å²) in [5.74, 6) is 1.75. The van der Waals surface area contributed by atoms with E-state index in [4.69, 9.17) is 18.9 Å². The number of para-hydroxylation sites is 2. The lowest BCUT2D eigenvalue weighted by Gasteiger charge is -2.10. The van der Waals surface area contributed by atoms with Crippen LogP contribution < -0.4 is 18.9 Å². The third-order valence-electron chi connectivity index (χ3n) is 3.42. The number of hydrogen-bond donors (Lipinski definition) is 0. The molecule has 5 heteroatoms. The summed E-state index contributed by atoms with van der Waals surface area (Å²) in [6.07, 6.45) is 3.95. The van der Waals surface area contributed by atoms with Crippen LogP contribution in [0.15, 0.2) is 48.5 Å².